The van der Waals surface area contributed by atoms with E-state index in [-0.39, 0.29) is 30.9 Å². The van der Waals surface area contributed by atoms with Crippen molar-refractivity contribution in [1.29, 1.82) is 0 Å². The number of thiophene rings is 1. The summed E-state index contributed by atoms with van der Waals surface area (Å²) < 4.78 is 5.03. The van der Waals surface area contributed by atoms with Gasteiger partial charge in [-0.2, -0.15) is 0 Å². The molecule has 1 amide bonds. The average Bonchev–Trinajstić information content (AvgIpc) is 3.16. The predicted octanol–water partition coefficient (Wildman–Crippen LogP) is 2.64. The van der Waals surface area contributed by atoms with Crippen LogP contribution in [0.25, 0.3) is 0 Å². The van der Waals surface area contributed by atoms with E-state index in [9.17, 15) is 9.59 Å². The maximum absolute atomic E-state index is 11.9. The minimum atomic E-state index is -0.371. The van der Waals surface area contributed by atoms with E-state index in [1.54, 1.807) is 0 Å². The van der Waals surface area contributed by atoms with Crippen LogP contribution in [0.2, 0.25) is 0 Å². The van der Waals surface area contributed by atoms with E-state index in [1.807, 2.05) is 35.7 Å². The molecule has 0 radical (unpaired) electrons. The van der Waals surface area contributed by atoms with Gasteiger partial charge in [-0.05, 0) is 35.4 Å². The third kappa shape index (κ3) is 3.54. The highest BCUT2D eigenvalue weighted by Gasteiger charge is 2.23. The van der Waals surface area contributed by atoms with E-state index in [0.29, 0.717) is 0 Å². The minimum Gasteiger partial charge on any atom is -0.455 e. The Bertz CT molecular complexity index is 666. The van der Waals surface area contributed by atoms with Gasteiger partial charge in [-0.3, -0.25) is 9.59 Å². The Labute approximate surface area is 133 Å². The molecule has 0 fully saturated rings. The van der Waals surface area contributed by atoms with Crippen molar-refractivity contribution < 1.29 is 14.3 Å². The second-order valence-electron chi connectivity index (χ2n) is 5.27. The molecule has 1 heterocycles. The van der Waals surface area contributed by atoms with Gasteiger partial charge in [-0.25, -0.2) is 0 Å². The number of amides is 1. The SMILES string of the molecule is O=C(COC(=O)Cc1cccs1)N[C@H]1CCc2ccccc21. The number of hydrogen-bond acceptors (Lipinski definition) is 4. The summed E-state index contributed by atoms with van der Waals surface area (Å²) in [6, 6.07) is 11.9. The van der Waals surface area contributed by atoms with Gasteiger partial charge < -0.3 is 10.1 Å². The number of carbonyl (C=O) groups excluding carboxylic acids is 2. The maximum atomic E-state index is 11.9. The normalized spacial score (nSPS) is 16.1. The Morgan fingerprint density at radius 1 is 1.23 bits per heavy atom. The molecule has 1 aliphatic carbocycles. The van der Waals surface area contributed by atoms with Gasteiger partial charge >= 0.3 is 5.97 Å². The number of rotatable bonds is 5. The fourth-order valence-electron chi connectivity index (χ4n) is 2.70. The Balaban J connectivity index is 1.46. The van der Waals surface area contributed by atoms with Crippen LogP contribution in [0.5, 0.6) is 0 Å². The molecule has 5 heteroatoms. The molecule has 0 spiro atoms. The van der Waals surface area contributed by atoms with E-state index >= 15 is 0 Å². The van der Waals surface area contributed by atoms with Gasteiger partial charge in [0.2, 0.25) is 0 Å². The maximum Gasteiger partial charge on any atom is 0.311 e. The summed E-state index contributed by atoms with van der Waals surface area (Å²) in [5.41, 5.74) is 2.45. The third-order valence-electron chi connectivity index (χ3n) is 3.73. The van der Waals surface area contributed by atoms with Gasteiger partial charge in [-0.15, -0.1) is 11.3 Å². The van der Waals surface area contributed by atoms with Gasteiger partial charge in [-0.1, -0.05) is 30.3 Å². The molecule has 1 N–H and O–H groups in total. The number of nitrogens with one attached hydrogen (secondary N) is 1. The van der Waals surface area contributed by atoms with Crippen molar-refractivity contribution in [3.05, 3.63) is 57.8 Å². The summed E-state index contributed by atoms with van der Waals surface area (Å²) in [7, 11) is 0. The molecule has 3 rings (SSSR count). The fourth-order valence-corrected chi connectivity index (χ4v) is 3.39. The number of ether oxygens (including phenoxy) is 1. The predicted molar refractivity (Wildman–Crippen MR) is 84.6 cm³/mol. The summed E-state index contributed by atoms with van der Waals surface area (Å²) in [6.45, 7) is -0.219. The topological polar surface area (TPSA) is 55.4 Å². The first kappa shape index (κ1) is 14.8. The summed E-state index contributed by atoms with van der Waals surface area (Å²) >= 11 is 1.50. The summed E-state index contributed by atoms with van der Waals surface area (Å²) in [4.78, 5) is 24.5. The molecular weight excluding hydrogens is 298 g/mol. The van der Waals surface area contributed by atoms with Crippen LogP contribution in [0.1, 0.15) is 28.5 Å². The van der Waals surface area contributed by atoms with Crippen molar-refractivity contribution in [2.75, 3.05) is 6.61 Å². The van der Waals surface area contributed by atoms with E-state index in [1.165, 1.54) is 22.5 Å². The molecule has 0 saturated heterocycles. The highest BCUT2D eigenvalue weighted by Crippen LogP contribution is 2.30. The van der Waals surface area contributed by atoms with Gasteiger partial charge in [0, 0.05) is 4.88 Å². The van der Waals surface area contributed by atoms with Crippen LogP contribution in [0.4, 0.5) is 0 Å². The quantitative estimate of drug-likeness (QED) is 0.863. The lowest BCUT2D eigenvalue weighted by molar-refractivity contribution is -0.148. The third-order valence-corrected chi connectivity index (χ3v) is 4.61. The molecule has 0 unspecified atom stereocenters. The number of fused-ring (bicyclic) bond motifs is 1. The molecule has 0 aliphatic heterocycles. The molecule has 4 nitrogen and oxygen atoms in total. The second-order valence-corrected chi connectivity index (χ2v) is 6.31. The Hall–Kier alpha value is -2.14. The first-order chi connectivity index (χ1) is 10.7. The van der Waals surface area contributed by atoms with Crippen molar-refractivity contribution in [3.8, 4) is 0 Å². The van der Waals surface area contributed by atoms with Crippen LogP contribution in [-0.4, -0.2) is 18.5 Å². The average molecular weight is 315 g/mol. The highest BCUT2D eigenvalue weighted by molar-refractivity contribution is 7.10. The number of aryl methyl sites for hydroxylation is 1. The Morgan fingerprint density at radius 2 is 2.09 bits per heavy atom. The van der Waals surface area contributed by atoms with E-state index in [2.05, 4.69) is 11.4 Å². The molecular formula is C17H17NO3S. The Morgan fingerprint density at radius 3 is 2.91 bits per heavy atom. The highest BCUT2D eigenvalue weighted by atomic mass is 32.1. The monoisotopic (exact) mass is 315 g/mol. The lowest BCUT2D eigenvalue weighted by atomic mass is 10.1. The molecule has 1 aliphatic rings. The smallest absolute Gasteiger partial charge is 0.311 e. The van der Waals surface area contributed by atoms with Gasteiger partial charge in [0.05, 0.1) is 12.5 Å². The van der Waals surface area contributed by atoms with E-state index in [4.69, 9.17) is 4.74 Å². The van der Waals surface area contributed by atoms with Crippen molar-refractivity contribution in [3.63, 3.8) is 0 Å². The zero-order chi connectivity index (χ0) is 15.4. The molecule has 1 aromatic heterocycles. The zero-order valence-electron chi connectivity index (χ0n) is 12.1. The second kappa shape index (κ2) is 6.75. The van der Waals surface area contributed by atoms with Crippen LogP contribution in [0.3, 0.4) is 0 Å². The van der Waals surface area contributed by atoms with Crippen LogP contribution in [-0.2, 0) is 27.2 Å². The first-order valence-corrected chi connectivity index (χ1v) is 8.15. The first-order valence-electron chi connectivity index (χ1n) is 7.27. The molecule has 1 aromatic carbocycles. The van der Waals surface area contributed by atoms with E-state index in [0.717, 1.165) is 17.7 Å². The molecule has 0 saturated carbocycles. The van der Waals surface area contributed by atoms with E-state index < -0.39 is 0 Å². The molecule has 22 heavy (non-hydrogen) atoms. The van der Waals surface area contributed by atoms with Crippen molar-refractivity contribution in [2.24, 2.45) is 0 Å². The van der Waals surface area contributed by atoms with Crippen LogP contribution in [0.15, 0.2) is 41.8 Å². The van der Waals surface area contributed by atoms with Crippen LogP contribution in [0, 0.1) is 0 Å². The zero-order valence-corrected chi connectivity index (χ0v) is 12.9. The van der Waals surface area contributed by atoms with Crippen molar-refractivity contribution >= 4 is 23.2 Å². The molecule has 114 valence electrons. The molecule has 1 atom stereocenters. The van der Waals surface area contributed by atoms with Crippen LogP contribution >= 0.6 is 11.3 Å². The van der Waals surface area contributed by atoms with Crippen molar-refractivity contribution in [1.82, 2.24) is 5.32 Å². The van der Waals surface area contributed by atoms with Crippen LogP contribution < -0.4 is 5.32 Å². The number of esters is 1. The number of carbonyl (C=O) groups is 2. The molecule has 0 bridgehead atoms. The standard InChI is InChI=1S/C17H17NO3S/c19-16(11-21-17(20)10-13-5-3-9-22-13)18-15-8-7-12-4-1-2-6-14(12)15/h1-6,9,15H,7-8,10-11H2,(H,18,19)/t15-/m0/s1. The van der Waals surface area contributed by atoms with Gasteiger partial charge in [0.25, 0.3) is 5.91 Å². The number of hydrogen-bond donors (Lipinski definition) is 1. The minimum absolute atomic E-state index is 0.0275. The van der Waals surface area contributed by atoms with Crippen molar-refractivity contribution in [2.45, 2.75) is 25.3 Å². The fraction of sp³-hybridized carbons (Fsp3) is 0.294. The summed E-state index contributed by atoms with van der Waals surface area (Å²) in [5.74, 6) is -0.620. The van der Waals surface area contributed by atoms with Gasteiger partial charge in [0.15, 0.2) is 6.61 Å². The summed E-state index contributed by atoms with van der Waals surface area (Å²) in [6.07, 6.45) is 2.09. The summed E-state index contributed by atoms with van der Waals surface area (Å²) in [5, 5.41) is 4.85. The largest absolute Gasteiger partial charge is 0.455 e. The Kier molecular flexibility index (Phi) is 4.53. The molecule has 2 aromatic rings. The lowest BCUT2D eigenvalue weighted by Crippen LogP contribution is -2.31. The number of benzene rings is 1. The van der Waals surface area contributed by atoms with Gasteiger partial charge in [0.1, 0.15) is 0 Å². The lowest BCUT2D eigenvalue weighted by Gasteiger charge is -2.14.